The molecule has 138 valence electrons. The van der Waals surface area contributed by atoms with Gasteiger partial charge in [0, 0.05) is 0 Å². The SMILES string of the molecule is Cc1cccc(OCCN2C(=O)S/C(=C\c3ccc4c(c3)OCO4)C2=O)c1. The van der Waals surface area contributed by atoms with Gasteiger partial charge in [0.15, 0.2) is 11.5 Å². The zero-order chi connectivity index (χ0) is 18.8. The zero-order valence-corrected chi connectivity index (χ0v) is 15.5. The molecular weight excluding hydrogens is 366 g/mol. The van der Waals surface area contributed by atoms with Crippen molar-refractivity contribution in [3.05, 3.63) is 58.5 Å². The van der Waals surface area contributed by atoms with Crippen molar-refractivity contribution in [3.8, 4) is 17.2 Å². The Morgan fingerprint density at radius 1 is 1.15 bits per heavy atom. The Bertz CT molecular complexity index is 940. The summed E-state index contributed by atoms with van der Waals surface area (Å²) in [6.45, 7) is 2.62. The van der Waals surface area contributed by atoms with E-state index in [2.05, 4.69) is 0 Å². The van der Waals surface area contributed by atoms with Crippen LogP contribution in [-0.2, 0) is 4.79 Å². The first-order valence-electron chi connectivity index (χ1n) is 8.45. The molecule has 0 radical (unpaired) electrons. The summed E-state index contributed by atoms with van der Waals surface area (Å²) in [6.07, 6.45) is 1.69. The van der Waals surface area contributed by atoms with E-state index in [0.717, 1.165) is 28.6 Å². The zero-order valence-electron chi connectivity index (χ0n) is 14.6. The molecule has 1 fully saturated rings. The van der Waals surface area contributed by atoms with Crippen molar-refractivity contribution in [1.29, 1.82) is 0 Å². The molecule has 0 N–H and O–H groups in total. The number of carbonyl (C=O) groups is 2. The van der Waals surface area contributed by atoms with Crippen LogP contribution in [0, 0.1) is 6.92 Å². The molecule has 0 atom stereocenters. The van der Waals surface area contributed by atoms with Gasteiger partial charge in [-0.05, 0) is 60.2 Å². The van der Waals surface area contributed by atoms with Crippen molar-refractivity contribution in [2.75, 3.05) is 19.9 Å². The fourth-order valence-corrected chi connectivity index (χ4v) is 3.67. The van der Waals surface area contributed by atoms with Crippen LogP contribution in [0.25, 0.3) is 6.08 Å². The number of nitrogens with zero attached hydrogens (tertiary/aromatic N) is 1. The normalized spacial score (nSPS) is 17.1. The molecule has 2 aliphatic rings. The molecule has 2 amide bonds. The summed E-state index contributed by atoms with van der Waals surface area (Å²) in [5.74, 6) is 1.72. The average Bonchev–Trinajstić information content (AvgIpc) is 3.21. The van der Waals surface area contributed by atoms with E-state index in [1.807, 2.05) is 37.3 Å². The van der Waals surface area contributed by atoms with Crippen LogP contribution >= 0.6 is 11.8 Å². The lowest BCUT2D eigenvalue weighted by Crippen LogP contribution is -2.32. The van der Waals surface area contributed by atoms with Gasteiger partial charge in [0.25, 0.3) is 11.1 Å². The average molecular weight is 383 g/mol. The van der Waals surface area contributed by atoms with Gasteiger partial charge in [-0.2, -0.15) is 0 Å². The number of hydrogen-bond acceptors (Lipinski definition) is 6. The molecule has 27 heavy (non-hydrogen) atoms. The summed E-state index contributed by atoms with van der Waals surface area (Å²) < 4.78 is 16.3. The van der Waals surface area contributed by atoms with Gasteiger partial charge in [-0.25, -0.2) is 0 Å². The molecule has 2 aromatic rings. The maximum absolute atomic E-state index is 12.6. The van der Waals surface area contributed by atoms with Gasteiger partial charge in [-0.3, -0.25) is 14.5 Å². The van der Waals surface area contributed by atoms with Crippen LogP contribution < -0.4 is 14.2 Å². The molecule has 2 aliphatic heterocycles. The van der Waals surface area contributed by atoms with E-state index in [1.165, 1.54) is 4.90 Å². The number of hydrogen-bond donors (Lipinski definition) is 0. The number of fused-ring (bicyclic) bond motifs is 1. The van der Waals surface area contributed by atoms with Crippen molar-refractivity contribution in [2.24, 2.45) is 0 Å². The number of benzene rings is 2. The fraction of sp³-hybridized carbons (Fsp3) is 0.200. The summed E-state index contributed by atoms with van der Waals surface area (Å²) in [4.78, 5) is 26.3. The monoisotopic (exact) mass is 383 g/mol. The number of amides is 2. The van der Waals surface area contributed by atoms with Crippen LogP contribution in [0.15, 0.2) is 47.4 Å². The Balaban J connectivity index is 1.41. The van der Waals surface area contributed by atoms with E-state index in [9.17, 15) is 9.59 Å². The van der Waals surface area contributed by atoms with Crippen molar-refractivity contribution in [2.45, 2.75) is 6.92 Å². The first-order valence-corrected chi connectivity index (χ1v) is 9.26. The molecular formula is C20H17NO5S. The van der Waals surface area contributed by atoms with Gasteiger partial charge in [-0.15, -0.1) is 0 Å². The fourth-order valence-electron chi connectivity index (χ4n) is 2.81. The van der Waals surface area contributed by atoms with Crippen molar-refractivity contribution < 1.29 is 23.8 Å². The van der Waals surface area contributed by atoms with Crippen LogP contribution in [0.5, 0.6) is 17.2 Å². The largest absolute Gasteiger partial charge is 0.492 e. The van der Waals surface area contributed by atoms with Crippen LogP contribution in [-0.4, -0.2) is 36.0 Å². The summed E-state index contributed by atoms with van der Waals surface area (Å²) >= 11 is 0.930. The molecule has 2 aromatic carbocycles. The third-order valence-corrected chi connectivity index (χ3v) is 5.05. The van der Waals surface area contributed by atoms with Crippen LogP contribution in [0.2, 0.25) is 0 Å². The van der Waals surface area contributed by atoms with Gasteiger partial charge in [0.2, 0.25) is 6.79 Å². The Kier molecular flexibility index (Phi) is 4.77. The lowest BCUT2D eigenvalue weighted by Gasteiger charge is -2.13. The molecule has 0 aromatic heterocycles. The minimum Gasteiger partial charge on any atom is -0.492 e. The highest BCUT2D eigenvalue weighted by molar-refractivity contribution is 8.18. The second-order valence-electron chi connectivity index (χ2n) is 6.11. The smallest absolute Gasteiger partial charge is 0.293 e. The van der Waals surface area contributed by atoms with E-state index in [0.29, 0.717) is 16.4 Å². The van der Waals surface area contributed by atoms with Gasteiger partial charge in [0.1, 0.15) is 12.4 Å². The Morgan fingerprint density at radius 2 is 2.00 bits per heavy atom. The number of imide groups is 1. The summed E-state index contributed by atoms with van der Waals surface area (Å²) in [6, 6.07) is 13.0. The predicted molar refractivity (Wildman–Crippen MR) is 102 cm³/mol. The highest BCUT2D eigenvalue weighted by Crippen LogP contribution is 2.36. The Morgan fingerprint density at radius 3 is 2.85 bits per heavy atom. The van der Waals surface area contributed by atoms with E-state index in [4.69, 9.17) is 14.2 Å². The van der Waals surface area contributed by atoms with E-state index in [1.54, 1.807) is 18.2 Å². The minimum absolute atomic E-state index is 0.191. The second-order valence-corrected chi connectivity index (χ2v) is 7.10. The third-order valence-electron chi connectivity index (χ3n) is 4.14. The molecule has 4 rings (SSSR count). The lowest BCUT2D eigenvalue weighted by atomic mass is 10.2. The molecule has 6 nitrogen and oxygen atoms in total. The van der Waals surface area contributed by atoms with Crippen molar-refractivity contribution >= 4 is 29.0 Å². The first kappa shape index (κ1) is 17.5. The van der Waals surface area contributed by atoms with Gasteiger partial charge < -0.3 is 14.2 Å². The second kappa shape index (κ2) is 7.36. The van der Waals surface area contributed by atoms with Gasteiger partial charge in [0.05, 0.1) is 11.4 Å². The van der Waals surface area contributed by atoms with Crippen LogP contribution in [0.1, 0.15) is 11.1 Å². The third kappa shape index (κ3) is 3.78. The maximum Gasteiger partial charge on any atom is 0.293 e. The summed E-state index contributed by atoms with van der Waals surface area (Å²) in [5.41, 5.74) is 1.87. The predicted octanol–water partition coefficient (Wildman–Crippen LogP) is 3.84. The standard InChI is InChI=1S/C20H17NO5S/c1-13-3-2-4-15(9-13)24-8-7-21-19(22)18(27-20(21)23)11-14-5-6-16-17(10-14)26-12-25-16/h2-6,9-11H,7-8,12H2,1H3/b18-11-. The topological polar surface area (TPSA) is 65.1 Å². The van der Waals surface area contributed by atoms with Crippen LogP contribution in [0.3, 0.4) is 0 Å². The number of carbonyl (C=O) groups excluding carboxylic acids is 2. The molecule has 0 unspecified atom stereocenters. The summed E-state index contributed by atoms with van der Waals surface area (Å²) in [5, 5.41) is -0.292. The molecule has 0 bridgehead atoms. The number of rotatable bonds is 5. The molecule has 0 saturated carbocycles. The van der Waals surface area contributed by atoms with Crippen molar-refractivity contribution in [3.63, 3.8) is 0 Å². The highest BCUT2D eigenvalue weighted by atomic mass is 32.2. The quantitative estimate of drug-likeness (QED) is 0.731. The van der Waals surface area contributed by atoms with E-state index >= 15 is 0 Å². The van der Waals surface area contributed by atoms with E-state index in [-0.39, 0.29) is 31.1 Å². The first-order chi connectivity index (χ1) is 13.1. The highest BCUT2D eigenvalue weighted by Gasteiger charge is 2.34. The van der Waals surface area contributed by atoms with Gasteiger partial charge >= 0.3 is 0 Å². The Labute approximate surface area is 160 Å². The minimum atomic E-state index is -0.310. The molecule has 0 aliphatic carbocycles. The van der Waals surface area contributed by atoms with E-state index < -0.39 is 0 Å². The molecule has 1 saturated heterocycles. The number of ether oxygens (including phenoxy) is 3. The molecule has 0 spiro atoms. The van der Waals surface area contributed by atoms with Crippen LogP contribution in [0.4, 0.5) is 4.79 Å². The lowest BCUT2D eigenvalue weighted by molar-refractivity contribution is -0.123. The summed E-state index contributed by atoms with van der Waals surface area (Å²) in [7, 11) is 0. The maximum atomic E-state index is 12.6. The van der Waals surface area contributed by atoms with Crippen molar-refractivity contribution in [1.82, 2.24) is 4.90 Å². The van der Waals surface area contributed by atoms with Gasteiger partial charge in [-0.1, -0.05) is 18.2 Å². The Hall–Kier alpha value is -2.93. The number of aryl methyl sites for hydroxylation is 1. The number of thioether (sulfide) groups is 1. The molecule has 2 heterocycles. The molecule has 7 heteroatoms.